The van der Waals surface area contributed by atoms with Gasteiger partial charge < -0.3 is 15.5 Å². The van der Waals surface area contributed by atoms with E-state index in [-0.39, 0.29) is 0 Å². The number of halogens is 3. The second-order valence-electron chi connectivity index (χ2n) is 8.58. The van der Waals surface area contributed by atoms with Gasteiger partial charge in [0.15, 0.2) is 0 Å². The van der Waals surface area contributed by atoms with Crippen LogP contribution in [0.2, 0.25) is 0 Å². The zero-order chi connectivity index (χ0) is 25.8. The van der Waals surface area contributed by atoms with Crippen molar-refractivity contribution < 1.29 is 22.8 Å². The lowest BCUT2D eigenvalue weighted by Crippen LogP contribution is -2.50. The topological polar surface area (TPSA) is 73.8 Å². The second kappa shape index (κ2) is 10.6. The molecule has 2 amide bonds. The summed E-state index contributed by atoms with van der Waals surface area (Å²) < 4.78 is 40.9. The summed E-state index contributed by atoms with van der Waals surface area (Å²) in [6, 6.07) is 17.4. The number of amides is 2. The van der Waals surface area contributed by atoms with Gasteiger partial charge in [-0.25, -0.2) is 13.2 Å². The minimum atomic E-state index is -1.16. The molecule has 9 heteroatoms. The number of anilines is 1. The van der Waals surface area contributed by atoms with E-state index in [1.807, 2.05) is 66.5 Å². The third-order valence-corrected chi connectivity index (χ3v) is 5.87. The van der Waals surface area contributed by atoms with Gasteiger partial charge in [-0.2, -0.15) is 0 Å². The normalized spacial score (nSPS) is 15.9. The summed E-state index contributed by atoms with van der Waals surface area (Å²) in [5.74, 6) is -4.69. The van der Waals surface area contributed by atoms with Crippen molar-refractivity contribution >= 4 is 23.2 Å². The smallest absolute Gasteiger partial charge is 0.243 e. The van der Waals surface area contributed by atoms with E-state index < -0.39 is 53.5 Å². The van der Waals surface area contributed by atoms with Crippen molar-refractivity contribution in [3.05, 3.63) is 101 Å². The third kappa shape index (κ3) is 5.56. The first-order valence-electron chi connectivity index (χ1n) is 11.4. The molecule has 0 bridgehead atoms. The maximum atomic E-state index is 13.9. The van der Waals surface area contributed by atoms with Crippen LogP contribution in [0, 0.1) is 17.5 Å². The lowest BCUT2D eigenvalue weighted by Gasteiger charge is -2.24. The SMILES string of the molecule is CC(NC(=O)Cc1c(F)cc(F)cc1F)C(=O)N[C@@H]1CN(C)c2ccccc2C(c2ccccc2)=N1. The fourth-order valence-corrected chi connectivity index (χ4v) is 4.08. The molecular weight excluding hydrogens is 469 g/mol. The number of carbonyl (C=O) groups is 2. The second-order valence-corrected chi connectivity index (χ2v) is 8.58. The molecule has 0 aromatic heterocycles. The Morgan fingerprint density at radius 2 is 1.67 bits per heavy atom. The summed E-state index contributed by atoms with van der Waals surface area (Å²) in [7, 11) is 1.90. The number of hydrogen-bond acceptors (Lipinski definition) is 4. The molecule has 36 heavy (non-hydrogen) atoms. The number of carbonyl (C=O) groups excluding carboxylic acids is 2. The van der Waals surface area contributed by atoms with Crippen LogP contribution in [0.25, 0.3) is 0 Å². The van der Waals surface area contributed by atoms with Gasteiger partial charge in [0, 0.05) is 41.6 Å². The van der Waals surface area contributed by atoms with E-state index in [0.717, 1.165) is 22.5 Å². The first-order chi connectivity index (χ1) is 17.2. The van der Waals surface area contributed by atoms with Crippen molar-refractivity contribution in [2.75, 3.05) is 18.5 Å². The van der Waals surface area contributed by atoms with E-state index in [0.29, 0.717) is 18.7 Å². The van der Waals surface area contributed by atoms with Gasteiger partial charge in [0.05, 0.1) is 18.7 Å². The summed E-state index contributed by atoms with van der Waals surface area (Å²) in [5, 5.41) is 5.28. The van der Waals surface area contributed by atoms with Crippen LogP contribution in [0.3, 0.4) is 0 Å². The van der Waals surface area contributed by atoms with Gasteiger partial charge in [-0.1, -0.05) is 48.5 Å². The first kappa shape index (κ1) is 25.0. The maximum absolute atomic E-state index is 13.9. The van der Waals surface area contributed by atoms with E-state index in [4.69, 9.17) is 4.99 Å². The number of fused-ring (bicyclic) bond motifs is 1. The van der Waals surface area contributed by atoms with Gasteiger partial charge >= 0.3 is 0 Å². The monoisotopic (exact) mass is 494 g/mol. The lowest BCUT2D eigenvalue weighted by atomic mass is 10.0. The Hall–Kier alpha value is -4.14. The molecule has 0 aliphatic carbocycles. The number of nitrogens with one attached hydrogen (secondary N) is 2. The predicted molar refractivity (Wildman–Crippen MR) is 131 cm³/mol. The largest absolute Gasteiger partial charge is 0.370 e. The number of benzodiazepines with no additional fused rings is 1. The molecule has 1 aliphatic heterocycles. The molecule has 4 rings (SSSR count). The van der Waals surface area contributed by atoms with Crippen LogP contribution in [-0.2, 0) is 16.0 Å². The molecule has 0 saturated carbocycles. The summed E-state index contributed by atoms with van der Waals surface area (Å²) in [4.78, 5) is 32.1. The Morgan fingerprint density at radius 1 is 1.03 bits per heavy atom. The number of nitrogens with zero attached hydrogens (tertiary/aromatic N) is 2. The third-order valence-electron chi connectivity index (χ3n) is 5.87. The molecule has 0 radical (unpaired) electrons. The van der Waals surface area contributed by atoms with E-state index in [2.05, 4.69) is 10.6 Å². The highest BCUT2D eigenvalue weighted by atomic mass is 19.1. The Labute approximate surface area is 206 Å². The van der Waals surface area contributed by atoms with Crippen molar-refractivity contribution in [3.8, 4) is 0 Å². The fraction of sp³-hybridized carbons (Fsp3) is 0.222. The summed E-state index contributed by atoms with van der Waals surface area (Å²) in [6.07, 6.45) is -1.30. The van der Waals surface area contributed by atoms with Crippen LogP contribution in [0.1, 0.15) is 23.6 Å². The highest BCUT2D eigenvalue weighted by Crippen LogP contribution is 2.26. The molecule has 186 valence electrons. The average molecular weight is 495 g/mol. The molecule has 3 aromatic rings. The predicted octanol–water partition coefficient (Wildman–Crippen LogP) is 3.58. The minimum absolute atomic E-state index is 0.381. The average Bonchev–Trinajstić information content (AvgIpc) is 2.98. The van der Waals surface area contributed by atoms with Gasteiger partial charge in [-0.05, 0) is 13.0 Å². The molecule has 3 aromatic carbocycles. The van der Waals surface area contributed by atoms with E-state index in [1.54, 1.807) is 0 Å². The minimum Gasteiger partial charge on any atom is -0.370 e. The first-order valence-corrected chi connectivity index (χ1v) is 11.4. The van der Waals surface area contributed by atoms with E-state index in [1.165, 1.54) is 6.92 Å². The van der Waals surface area contributed by atoms with Crippen LogP contribution in [-0.4, -0.2) is 43.3 Å². The van der Waals surface area contributed by atoms with Crippen molar-refractivity contribution in [1.82, 2.24) is 10.6 Å². The zero-order valence-corrected chi connectivity index (χ0v) is 19.8. The number of para-hydroxylation sites is 1. The summed E-state index contributed by atoms with van der Waals surface area (Å²) in [5.41, 5.74) is 2.93. The molecule has 6 nitrogen and oxygen atoms in total. The Bertz CT molecular complexity index is 1290. The van der Waals surface area contributed by atoms with Gasteiger partial charge in [0.2, 0.25) is 11.8 Å². The van der Waals surface area contributed by atoms with Crippen molar-refractivity contribution in [1.29, 1.82) is 0 Å². The maximum Gasteiger partial charge on any atom is 0.243 e. The van der Waals surface area contributed by atoms with Crippen LogP contribution < -0.4 is 15.5 Å². The van der Waals surface area contributed by atoms with Gasteiger partial charge in [-0.3, -0.25) is 14.6 Å². The summed E-state index contributed by atoms with van der Waals surface area (Å²) >= 11 is 0. The number of rotatable bonds is 6. The standard InChI is InChI=1S/C27H25F3N4O2/c1-16(31-25(35)14-20-21(29)12-18(28)13-22(20)30)27(36)33-24-15-34(2)23-11-7-6-10-19(23)26(32-24)17-8-4-3-5-9-17/h3-13,16,24H,14-15H2,1-2H3,(H,31,35)(H,33,36)/t16?,24-/m1/s1. The van der Waals surface area contributed by atoms with E-state index >= 15 is 0 Å². The number of benzene rings is 3. The molecule has 0 saturated heterocycles. The van der Waals surface area contributed by atoms with Crippen LogP contribution in [0.5, 0.6) is 0 Å². The lowest BCUT2D eigenvalue weighted by molar-refractivity contribution is -0.128. The Balaban J connectivity index is 1.49. The molecule has 1 aliphatic rings. The Kier molecular flexibility index (Phi) is 7.38. The molecule has 1 unspecified atom stereocenters. The van der Waals surface area contributed by atoms with Crippen molar-refractivity contribution in [2.24, 2.45) is 4.99 Å². The summed E-state index contributed by atoms with van der Waals surface area (Å²) in [6.45, 7) is 1.84. The van der Waals surface area contributed by atoms with Crippen LogP contribution in [0.15, 0.2) is 71.7 Å². The molecule has 1 heterocycles. The zero-order valence-electron chi connectivity index (χ0n) is 19.8. The fourth-order valence-electron chi connectivity index (χ4n) is 4.08. The highest BCUT2D eigenvalue weighted by molar-refractivity contribution is 6.16. The van der Waals surface area contributed by atoms with E-state index in [9.17, 15) is 22.8 Å². The van der Waals surface area contributed by atoms with Crippen molar-refractivity contribution in [2.45, 2.75) is 25.6 Å². The number of likely N-dealkylation sites (N-methyl/N-ethyl adjacent to an activating group) is 1. The van der Waals surface area contributed by atoms with Crippen molar-refractivity contribution in [3.63, 3.8) is 0 Å². The van der Waals surface area contributed by atoms with Crippen LogP contribution >= 0.6 is 0 Å². The molecule has 2 atom stereocenters. The van der Waals surface area contributed by atoms with Gasteiger partial charge in [0.25, 0.3) is 0 Å². The number of hydrogen-bond donors (Lipinski definition) is 2. The Morgan fingerprint density at radius 3 is 2.36 bits per heavy atom. The van der Waals surface area contributed by atoms with Gasteiger partial charge in [-0.15, -0.1) is 0 Å². The van der Waals surface area contributed by atoms with Crippen LogP contribution in [0.4, 0.5) is 18.9 Å². The molecular formula is C27H25F3N4O2. The molecule has 0 fully saturated rings. The highest BCUT2D eigenvalue weighted by Gasteiger charge is 2.26. The quantitative estimate of drug-likeness (QED) is 0.550. The number of aliphatic imine (C=N–C) groups is 1. The van der Waals surface area contributed by atoms with Gasteiger partial charge in [0.1, 0.15) is 29.7 Å². The molecule has 2 N–H and O–H groups in total. The molecule has 0 spiro atoms.